The van der Waals surface area contributed by atoms with Crippen molar-refractivity contribution in [3.8, 4) is 5.75 Å². The summed E-state index contributed by atoms with van der Waals surface area (Å²) >= 11 is 0. The minimum absolute atomic E-state index is 0.0475. The van der Waals surface area contributed by atoms with E-state index in [9.17, 15) is 13.2 Å². The fourth-order valence-corrected chi connectivity index (χ4v) is 5.30. The first-order chi connectivity index (χ1) is 12.3. The number of methoxy groups -OCH3 is 1. The van der Waals surface area contributed by atoms with E-state index in [-0.39, 0.29) is 28.8 Å². The van der Waals surface area contributed by atoms with E-state index < -0.39 is 10.0 Å². The minimum Gasteiger partial charge on any atom is -0.495 e. The summed E-state index contributed by atoms with van der Waals surface area (Å²) in [5.41, 5.74) is 0.352. The molecular formula is C18H26N2O5S. The molecule has 1 amide bonds. The molecule has 0 aromatic heterocycles. The van der Waals surface area contributed by atoms with Gasteiger partial charge in [0.05, 0.1) is 19.3 Å². The number of rotatable bonds is 4. The molecule has 2 aliphatic rings. The fraction of sp³-hybridized carbons (Fsp3) is 0.611. The SMILES string of the molecule is COc1ccc(C(=O)N2C[C@@H](C)O[C@H](C)C2)cc1S(=O)(=O)N1CCCC1. The Morgan fingerprint density at radius 1 is 1.15 bits per heavy atom. The van der Waals surface area contributed by atoms with E-state index in [2.05, 4.69) is 0 Å². The molecule has 1 aromatic rings. The van der Waals surface area contributed by atoms with Gasteiger partial charge in [-0.25, -0.2) is 8.42 Å². The summed E-state index contributed by atoms with van der Waals surface area (Å²) in [6.45, 7) is 5.83. The van der Waals surface area contributed by atoms with Crippen molar-refractivity contribution in [1.82, 2.24) is 9.21 Å². The third kappa shape index (κ3) is 3.72. The number of hydrogen-bond acceptors (Lipinski definition) is 5. The molecule has 2 heterocycles. The van der Waals surface area contributed by atoms with Crippen molar-refractivity contribution in [3.05, 3.63) is 23.8 Å². The Kier molecular flexibility index (Phi) is 5.55. The van der Waals surface area contributed by atoms with Crippen LogP contribution in [0, 0.1) is 0 Å². The van der Waals surface area contributed by atoms with Gasteiger partial charge >= 0.3 is 0 Å². The Hall–Kier alpha value is -1.64. The van der Waals surface area contributed by atoms with Crippen molar-refractivity contribution in [2.45, 2.75) is 43.8 Å². The van der Waals surface area contributed by atoms with E-state index in [0.29, 0.717) is 31.7 Å². The number of sulfonamides is 1. The third-order valence-electron chi connectivity index (χ3n) is 4.80. The van der Waals surface area contributed by atoms with E-state index in [0.717, 1.165) is 12.8 Å². The average Bonchev–Trinajstić information content (AvgIpc) is 3.15. The van der Waals surface area contributed by atoms with Crippen LogP contribution in [0.25, 0.3) is 0 Å². The summed E-state index contributed by atoms with van der Waals surface area (Å²) < 4.78 is 38.3. The monoisotopic (exact) mass is 382 g/mol. The Morgan fingerprint density at radius 3 is 2.35 bits per heavy atom. The summed E-state index contributed by atoms with van der Waals surface area (Å²) in [7, 11) is -2.24. The molecule has 3 rings (SSSR count). The number of nitrogens with zero attached hydrogens (tertiary/aromatic N) is 2. The molecule has 2 fully saturated rings. The molecule has 26 heavy (non-hydrogen) atoms. The summed E-state index contributed by atoms with van der Waals surface area (Å²) in [5, 5.41) is 0. The number of carbonyl (C=O) groups excluding carboxylic acids is 1. The van der Waals surface area contributed by atoms with E-state index in [1.807, 2.05) is 13.8 Å². The van der Waals surface area contributed by atoms with Crippen LogP contribution < -0.4 is 4.74 Å². The predicted octanol–water partition coefficient (Wildman–Crippen LogP) is 1.73. The Morgan fingerprint density at radius 2 is 1.77 bits per heavy atom. The molecule has 0 saturated carbocycles. The van der Waals surface area contributed by atoms with Crippen LogP contribution >= 0.6 is 0 Å². The van der Waals surface area contributed by atoms with Crippen LogP contribution in [0.15, 0.2) is 23.1 Å². The second-order valence-electron chi connectivity index (χ2n) is 6.94. The Balaban J connectivity index is 1.93. The molecule has 0 spiro atoms. The molecule has 0 bridgehead atoms. The highest BCUT2D eigenvalue weighted by Crippen LogP contribution is 2.30. The maximum absolute atomic E-state index is 13.0. The number of hydrogen-bond donors (Lipinski definition) is 0. The first-order valence-corrected chi connectivity index (χ1v) is 10.4. The van der Waals surface area contributed by atoms with Crippen LogP contribution in [0.5, 0.6) is 5.75 Å². The lowest BCUT2D eigenvalue weighted by atomic mass is 10.1. The van der Waals surface area contributed by atoms with Gasteiger partial charge in [0.25, 0.3) is 5.91 Å². The summed E-state index contributed by atoms with van der Waals surface area (Å²) in [5.74, 6) is 0.0738. The van der Waals surface area contributed by atoms with E-state index >= 15 is 0 Å². The van der Waals surface area contributed by atoms with Gasteiger partial charge in [-0.1, -0.05) is 0 Å². The molecule has 1 aromatic carbocycles. The van der Waals surface area contributed by atoms with Gasteiger partial charge in [-0.2, -0.15) is 4.31 Å². The molecule has 8 heteroatoms. The largest absolute Gasteiger partial charge is 0.495 e. The Bertz CT molecular complexity index is 764. The molecule has 2 aliphatic heterocycles. The fourth-order valence-electron chi connectivity index (χ4n) is 3.61. The van der Waals surface area contributed by atoms with Crippen LogP contribution in [-0.4, -0.2) is 69.0 Å². The van der Waals surface area contributed by atoms with Gasteiger partial charge < -0.3 is 14.4 Å². The average molecular weight is 382 g/mol. The Labute approximate surface area is 154 Å². The molecule has 2 saturated heterocycles. The highest BCUT2D eigenvalue weighted by atomic mass is 32.2. The van der Waals surface area contributed by atoms with Crippen LogP contribution in [0.3, 0.4) is 0 Å². The maximum Gasteiger partial charge on any atom is 0.254 e. The molecule has 0 aliphatic carbocycles. The highest BCUT2D eigenvalue weighted by Gasteiger charge is 2.32. The molecule has 2 atom stereocenters. The van der Waals surface area contributed by atoms with Crippen molar-refractivity contribution >= 4 is 15.9 Å². The number of ether oxygens (including phenoxy) is 2. The first-order valence-electron chi connectivity index (χ1n) is 8.96. The van der Waals surface area contributed by atoms with Crippen LogP contribution in [-0.2, 0) is 14.8 Å². The van der Waals surface area contributed by atoms with Gasteiger partial charge in [0.1, 0.15) is 10.6 Å². The highest BCUT2D eigenvalue weighted by molar-refractivity contribution is 7.89. The van der Waals surface area contributed by atoms with Crippen molar-refractivity contribution in [2.75, 3.05) is 33.3 Å². The van der Waals surface area contributed by atoms with Gasteiger partial charge in [0, 0.05) is 31.7 Å². The zero-order valence-electron chi connectivity index (χ0n) is 15.5. The zero-order valence-corrected chi connectivity index (χ0v) is 16.3. The minimum atomic E-state index is -3.68. The van der Waals surface area contributed by atoms with Gasteiger partial charge in [0.15, 0.2) is 0 Å². The van der Waals surface area contributed by atoms with Gasteiger partial charge in [-0.05, 0) is 44.9 Å². The molecule has 0 unspecified atom stereocenters. The van der Waals surface area contributed by atoms with E-state index in [1.165, 1.54) is 17.5 Å². The van der Waals surface area contributed by atoms with Gasteiger partial charge in [-0.3, -0.25) is 4.79 Å². The zero-order chi connectivity index (χ0) is 18.9. The van der Waals surface area contributed by atoms with Crippen molar-refractivity contribution in [1.29, 1.82) is 0 Å². The molecule has 0 N–H and O–H groups in total. The van der Waals surface area contributed by atoms with Crippen LogP contribution in [0.4, 0.5) is 0 Å². The van der Waals surface area contributed by atoms with Crippen LogP contribution in [0.2, 0.25) is 0 Å². The van der Waals surface area contributed by atoms with Crippen molar-refractivity contribution in [2.24, 2.45) is 0 Å². The molecular weight excluding hydrogens is 356 g/mol. The second kappa shape index (κ2) is 7.54. The lowest BCUT2D eigenvalue weighted by Gasteiger charge is -2.35. The van der Waals surface area contributed by atoms with E-state index in [4.69, 9.17) is 9.47 Å². The second-order valence-corrected chi connectivity index (χ2v) is 8.85. The smallest absolute Gasteiger partial charge is 0.254 e. The maximum atomic E-state index is 13.0. The standard InChI is InChI=1S/C18H26N2O5S/c1-13-11-19(12-14(2)25-13)18(21)15-6-7-16(24-3)17(10-15)26(22,23)20-8-4-5-9-20/h6-7,10,13-14H,4-5,8-9,11-12H2,1-3H3/t13-,14-/m1/s1. The summed E-state index contributed by atoms with van der Waals surface area (Å²) in [4.78, 5) is 14.7. The predicted molar refractivity (Wildman–Crippen MR) is 96.9 cm³/mol. The molecule has 0 radical (unpaired) electrons. The topological polar surface area (TPSA) is 76.1 Å². The number of morpholine rings is 1. The lowest BCUT2D eigenvalue weighted by molar-refractivity contribution is -0.0586. The number of carbonyl (C=O) groups is 1. The normalized spacial score (nSPS) is 24.7. The summed E-state index contributed by atoms with van der Waals surface area (Å²) in [6, 6.07) is 4.62. The van der Waals surface area contributed by atoms with Gasteiger partial charge in [-0.15, -0.1) is 0 Å². The number of benzene rings is 1. The first kappa shape index (κ1) is 19.1. The number of amides is 1. The van der Waals surface area contributed by atoms with Gasteiger partial charge in [0.2, 0.25) is 10.0 Å². The third-order valence-corrected chi connectivity index (χ3v) is 6.72. The molecule has 7 nitrogen and oxygen atoms in total. The van der Waals surface area contributed by atoms with Crippen LogP contribution in [0.1, 0.15) is 37.0 Å². The lowest BCUT2D eigenvalue weighted by Crippen LogP contribution is -2.48. The van der Waals surface area contributed by atoms with E-state index in [1.54, 1.807) is 17.0 Å². The molecule has 144 valence electrons. The van der Waals surface area contributed by atoms with Crippen molar-refractivity contribution < 1.29 is 22.7 Å². The quantitative estimate of drug-likeness (QED) is 0.793. The van der Waals surface area contributed by atoms with Crippen molar-refractivity contribution in [3.63, 3.8) is 0 Å². The summed E-state index contributed by atoms with van der Waals surface area (Å²) in [6.07, 6.45) is 1.61.